The molecular weight excluding hydrogens is 316 g/mol. The van der Waals surface area contributed by atoms with Crippen LogP contribution in [0.2, 0.25) is 0 Å². The van der Waals surface area contributed by atoms with Gasteiger partial charge in [-0.25, -0.2) is 4.79 Å². The fourth-order valence-electron chi connectivity index (χ4n) is 1.88. The van der Waals surface area contributed by atoms with Gasteiger partial charge in [0, 0.05) is 22.1 Å². The van der Waals surface area contributed by atoms with Crippen LogP contribution >= 0.6 is 23.5 Å². The van der Waals surface area contributed by atoms with Gasteiger partial charge in [0.05, 0.1) is 0 Å². The van der Waals surface area contributed by atoms with Crippen molar-refractivity contribution in [2.75, 3.05) is 11.5 Å². The minimum Gasteiger partial charge on any atom is -0.423 e. The van der Waals surface area contributed by atoms with Gasteiger partial charge in [-0.15, -0.1) is 11.8 Å². The molecule has 0 aliphatic carbocycles. The van der Waals surface area contributed by atoms with E-state index in [-0.39, 0.29) is 10.7 Å². The third kappa shape index (κ3) is 4.78. The van der Waals surface area contributed by atoms with E-state index in [0.717, 1.165) is 34.6 Å². The maximum absolute atomic E-state index is 11.5. The van der Waals surface area contributed by atoms with Crippen molar-refractivity contribution >= 4 is 39.6 Å². The molecule has 0 aliphatic rings. The molecular formula is C17H18O3S2. The van der Waals surface area contributed by atoms with E-state index in [9.17, 15) is 9.59 Å². The third-order valence-electron chi connectivity index (χ3n) is 2.99. The summed E-state index contributed by atoms with van der Waals surface area (Å²) in [5.74, 6) is 1.72. The fraction of sp³-hybridized carbons (Fsp3) is 0.294. The van der Waals surface area contributed by atoms with Gasteiger partial charge in [0.25, 0.3) is 0 Å². The molecule has 1 heterocycles. The topological polar surface area (TPSA) is 47.3 Å². The van der Waals surface area contributed by atoms with E-state index in [1.165, 1.54) is 11.8 Å². The fourth-order valence-corrected chi connectivity index (χ4v) is 3.73. The number of fused-ring (bicyclic) bond motifs is 1. The molecule has 0 saturated carbocycles. The van der Waals surface area contributed by atoms with Gasteiger partial charge in [-0.05, 0) is 37.2 Å². The average Bonchev–Trinajstić information content (AvgIpc) is 2.49. The van der Waals surface area contributed by atoms with E-state index in [4.69, 9.17) is 4.42 Å². The van der Waals surface area contributed by atoms with Crippen LogP contribution in [0, 0.1) is 0 Å². The van der Waals surface area contributed by atoms with E-state index in [2.05, 4.69) is 6.58 Å². The average molecular weight is 334 g/mol. The Morgan fingerprint density at radius 2 is 1.95 bits per heavy atom. The lowest BCUT2D eigenvalue weighted by atomic mass is 10.2. The molecule has 3 nitrogen and oxygen atoms in total. The van der Waals surface area contributed by atoms with Crippen LogP contribution in [0.3, 0.4) is 0 Å². The predicted molar refractivity (Wildman–Crippen MR) is 94.7 cm³/mol. The summed E-state index contributed by atoms with van der Waals surface area (Å²) in [5.41, 5.74) is 0.908. The van der Waals surface area contributed by atoms with Gasteiger partial charge >= 0.3 is 5.63 Å². The first-order chi connectivity index (χ1) is 10.6. The van der Waals surface area contributed by atoms with Gasteiger partial charge in [-0.2, -0.15) is 0 Å². The molecule has 0 bridgehead atoms. The number of para-hydroxylation sites is 1. The van der Waals surface area contributed by atoms with Crippen LogP contribution < -0.4 is 5.63 Å². The quantitative estimate of drug-likeness (QED) is 0.323. The zero-order valence-electron chi connectivity index (χ0n) is 12.5. The Kier molecular flexibility index (Phi) is 6.34. The molecule has 1 aromatic carbocycles. The van der Waals surface area contributed by atoms with Crippen LogP contribution in [0.15, 0.2) is 56.6 Å². The molecule has 1 aromatic heterocycles. The molecule has 0 saturated heterocycles. The molecule has 0 fully saturated rings. The standard InChI is InChI=1S/C17H18O3S2/c1-12(2)17(19)22-10-6-5-9-21-15-11-16(18)20-14-8-4-3-7-13(14)15/h3-4,7-8,11H,1,5-6,9-10H2,2H3. The lowest BCUT2D eigenvalue weighted by Gasteiger charge is -2.05. The number of hydrogen-bond acceptors (Lipinski definition) is 5. The Morgan fingerprint density at radius 1 is 1.23 bits per heavy atom. The molecule has 5 heteroatoms. The number of carbonyl (C=O) groups is 1. The third-order valence-corrected chi connectivity index (χ3v) is 5.23. The van der Waals surface area contributed by atoms with E-state index in [0.29, 0.717) is 11.2 Å². The first-order valence-electron chi connectivity index (χ1n) is 7.06. The normalized spacial score (nSPS) is 10.8. The van der Waals surface area contributed by atoms with E-state index < -0.39 is 0 Å². The van der Waals surface area contributed by atoms with E-state index >= 15 is 0 Å². The molecule has 116 valence electrons. The number of rotatable bonds is 7. The van der Waals surface area contributed by atoms with Crippen LogP contribution in [0.4, 0.5) is 0 Å². The van der Waals surface area contributed by atoms with Crippen molar-refractivity contribution in [2.45, 2.75) is 24.7 Å². The number of thioether (sulfide) groups is 2. The lowest BCUT2D eigenvalue weighted by Crippen LogP contribution is -1.98. The maximum Gasteiger partial charge on any atom is 0.337 e. The molecule has 2 rings (SSSR count). The molecule has 0 radical (unpaired) electrons. The summed E-state index contributed by atoms with van der Waals surface area (Å²) in [6.07, 6.45) is 1.96. The highest BCUT2D eigenvalue weighted by Crippen LogP contribution is 2.27. The van der Waals surface area contributed by atoms with Crippen molar-refractivity contribution in [2.24, 2.45) is 0 Å². The summed E-state index contributed by atoms with van der Waals surface area (Å²) < 4.78 is 5.18. The van der Waals surface area contributed by atoms with Gasteiger partial charge in [-0.3, -0.25) is 4.79 Å². The van der Waals surface area contributed by atoms with Crippen molar-refractivity contribution in [1.82, 2.24) is 0 Å². The molecule has 0 amide bonds. The number of hydrogen-bond donors (Lipinski definition) is 0. The van der Waals surface area contributed by atoms with Crippen LogP contribution in [0.1, 0.15) is 19.8 Å². The van der Waals surface area contributed by atoms with Crippen LogP contribution in [-0.2, 0) is 4.79 Å². The highest BCUT2D eigenvalue weighted by atomic mass is 32.2. The first kappa shape index (κ1) is 16.9. The minimum atomic E-state index is -0.316. The Labute approximate surface area is 138 Å². The SMILES string of the molecule is C=C(C)C(=O)SCCCCSc1cc(=O)oc2ccccc12. The Balaban J connectivity index is 1.84. The summed E-state index contributed by atoms with van der Waals surface area (Å²) >= 11 is 2.98. The summed E-state index contributed by atoms with van der Waals surface area (Å²) in [4.78, 5) is 23.9. The van der Waals surface area contributed by atoms with Gasteiger partial charge in [0.15, 0.2) is 0 Å². The smallest absolute Gasteiger partial charge is 0.337 e. The second kappa shape index (κ2) is 8.25. The van der Waals surface area contributed by atoms with Crippen molar-refractivity contribution in [3.63, 3.8) is 0 Å². The summed E-state index contributed by atoms with van der Waals surface area (Å²) in [6.45, 7) is 5.37. The maximum atomic E-state index is 11.5. The summed E-state index contributed by atoms with van der Waals surface area (Å²) in [6, 6.07) is 9.11. The van der Waals surface area contributed by atoms with Crippen LogP contribution in [0.5, 0.6) is 0 Å². The molecule has 0 N–H and O–H groups in total. The second-order valence-electron chi connectivity index (χ2n) is 4.90. The Morgan fingerprint density at radius 3 is 2.73 bits per heavy atom. The molecule has 22 heavy (non-hydrogen) atoms. The Bertz CT molecular complexity index is 734. The zero-order chi connectivity index (χ0) is 15.9. The number of carbonyl (C=O) groups excluding carboxylic acids is 1. The largest absolute Gasteiger partial charge is 0.423 e. The van der Waals surface area contributed by atoms with Crippen molar-refractivity contribution < 1.29 is 9.21 Å². The highest BCUT2D eigenvalue weighted by molar-refractivity contribution is 8.14. The molecule has 0 spiro atoms. The second-order valence-corrected chi connectivity index (χ2v) is 7.10. The highest BCUT2D eigenvalue weighted by Gasteiger charge is 2.06. The molecule has 2 aromatic rings. The molecule has 0 unspecified atom stereocenters. The molecule has 0 atom stereocenters. The minimum absolute atomic E-state index is 0.0688. The van der Waals surface area contributed by atoms with Gasteiger partial charge in [0.1, 0.15) is 5.58 Å². The van der Waals surface area contributed by atoms with Crippen molar-refractivity contribution in [3.05, 3.63) is 52.9 Å². The summed E-state index contributed by atoms with van der Waals surface area (Å²) in [5, 5.41) is 1.04. The van der Waals surface area contributed by atoms with Gasteiger partial charge in [0.2, 0.25) is 5.12 Å². The van der Waals surface area contributed by atoms with Gasteiger partial charge < -0.3 is 4.42 Å². The van der Waals surface area contributed by atoms with E-state index in [1.807, 2.05) is 18.2 Å². The monoisotopic (exact) mass is 334 g/mol. The van der Waals surface area contributed by atoms with Crippen molar-refractivity contribution in [3.8, 4) is 0 Å². The zero-order valence-corrected chi connectivity index (χ0v) is 14.1. The summed E-state index contributed by atoms with van der Waals surface area (Å²) in [7, 11) is 0. The van der Waals surface area contributed by atoms with Crippen LogP contribution in [0.25, 0.3) is 11.0 Å². The first-order valence-corrected chi connectivity index (χ1v) is 9.03. The number of unbranched alkanes of at least 4 members (excludes halogenated alkanes) is 1. The van der Waals surface area contributed by atoms with Gasteiger partial charge in [-0.1, -0.05) is 36.5 Å². The van der Waals surface area contributed by atoms with Crippen molar-refractivity contribution in [1.29, 1.82) is 0 Å². The van der Waals surface area contributed by atoms with Crippen LogP contribution in [-0.4, -0.2) is 16.6 Å². The predicted octanol–water partition coefficient (Wildman–Crippen LogP) is 4.50. The number of benzene rings is 1. The lowest BCUT2D eigenvalue weighted by molar-refractivity contribution is -0.107. The molecule has 0 aliphatic heterocycles. The van der Waals surface area contributed by atoms with E-state index in [1.54, 1.807) is 30.8 Å². The Hall–Kier alpha value is -1.46.